The van der Waals surface area contributed by atoms with Crippen molar-refractivity contribution in [2.45, 2.75) is 81.1 Å². The fourth-order valence-corrected chi connectivity index (χ4v) is 12.9. The maximum Gasteiger partial charge on any atom is 0.146 e. The van der Waals surface area contributed by atoms with Gasteiger partial charge in [-0.2, -0.15) is 0 Å². The number of para-hydroxylation sites is 2. The standard InChI is InChI=1S/C80H73N5/c1-50(2)38-59-46-75(82-48-64(59)40-52(5)6)56-31-27-54(28-32-56)66-18-9-12-21-69(66)61-42-62(70-22-13-10-19-67(70)55-29-33-57(34-30-55)76-47-60(39-51(3)4)65(49-83-76)41-53(7)8)44-63(43-61)71-23-14-11-20-68(71)58-35-36-72-73(45-58)80-84-74-24-15-16-25-77(74)85(80)78-26-17-37-81-79(72)78/h9-37,42-53H,38-41H2,1-8H3. The van der Waals surface area contributed by atoms with Gasteiger partial charge in [-0.3, -0.25) is 19.4 Å². The Morgan fingerprint density at radius 1 is 0.318 bits per heavy atom. The van der Waals surface area contributed by atoms with Crippen molar-refractivity contribution in [2.75, 3.05) is 0 Å². The maximum absolute atomic E-state index is 5.28. The Balaban J connectivity index is 0.947. The summed E-state index contributed by atoms with van der Waals surface area (Å²) >= 11 is 0. The summed E-state index contributed by atoms with van der Waals surface area (Å²) in [6, 6.07) is 76.0. The summed E-state index contributed by atoms with van der Waals surface area (Å²) in [5.74, 6) is 2.26. The van der Waals surface area contributed by atoms with E-state index in [9.17, 15) is 0 Å². The third-order valence-corrected chi connectivity index (χ3v) is 16.7. The quantitative estimate of drug-likeness (QED) is 0.0905. The molecule has 0 unspecified atom stereocenters. The van der Waals surface area contributed by atoms with Crippen molar-refractivity contribution in [1.29, 1.82) is 0 Å². The van der Waals surface area contributed by atoms with Crippen molar-refractivity contribution >= 4 is 38.5 Å². The van der Waals surface area contributed by atoms with Gasteiger partial charge in [0, 0.05) is 40.5 Å². The third kappa shape index (κ3) is 11.1. The SMILES string of the molecule is CC(C)Cc1cnc(-c2ccc(-c3ccccc3-c3cc(-c4ccccc4-c4ccc(-c5cc(CC(C)C)c(CC(C)C)cn5)cc4)cc(-c4ccccc4-c4ccc5c(c4)c4nc6ccccc6n4c4cccnc54)c3)cc2)cc1CC(C)C. The Hall–Kier alpha value is -9.32. The van der Waals surface area contributed by atoms with Gasteiger partial charge in [0.25, 0.3) is 0 Å². The van der Waals surface area contributed by atoms with Gasteiger partial charge in [0.15, 0.2) is 0 Å². The fourth-order valence-electron chi connectivity index (χ4n) is 12.9. The average molecular weight is 1100 g/mol. The molecule has 13 aromatic rings. The molecule has 0 bridgehead atoms. The van der Waals surface area contributed by atoms with Gasteiger partial charge in [-0.1, -0.05) is 201 Å². The molecule has 0 saturated carbocycles. The van der Waals surface area contributed by atoms with Gasteiger partial charge in [0.05, 0.1) is 33.5 Å². The van der Waals surface area contributed by atoms with Crippen LogP contribution < -0.4 is 0 Å². The predicted octanol–water partition coefficient (Wildman–Crippen LogP) is 21.1. The molecule has 5 aromatic heterocycles. The number of nitrogens with zero attached hydrogens (tertiary/aromatic N) is 5. The van der Waals surface area contributed by atoms with Crippen molar-refractivity contribution in [3.8, 4) is 89.3 Å². The van der Waals surface area contributed by atoms with Crippen LogP contribution in [0.5, 0.6) is 0 Å². The van der Waals surface area contributed by atoms with E-state index in [0.717, 1.165) is 142 Å². The summed E-state index contributed by atoms with van der Waals surface area (Å²) in [5, 5.41) is 2.14. The molecule has 5 heterocycles. The first-order chi connectivity index (χ1) is 41.4. The Kier molecular flexibility index (Phi) is 15.1. The molecule has 418 valence electrons. The molecular weight excluding hydrogens is 1030 g/mol. The van der Waals surface area contributed by atoms with Crippen LogP contribution in [-0.2, 0) is 25.7 Å². The maximum atomic E-state index is 5.28. The van der Waals surface area contributed by atoms with Crippen molar-refractivity contribution in [3.63, 3.8) is 0 Å². The van der Waals surface area contributed by atoms with Gasteiger partial charge in [-0.25, -0.2) is 4.98 Å². The van der Waals surface area contributed by atoms with Crippen LogP contribution in [-0.4, -0.2) is 24.3 Å². The van der Waals surface area contributed by atoms with Gasteiger partial charge in [-0.05, 0) is 199 Å². The van der Waals surface area contributed by atoms with E-state index in [1.165, 1.54) is 33.4 Å². The van der Waals surface area contributed by atoms with E-state index in [-0.39, 0.29) is 0 Å². The Bertz CT molecular complexity index is 4430. The first-order valence-electron chi connectivity index (χ1n) is 30.6. The second kappa shape index (κ2) is 23.4. The number of hydrogen-bond donors (Lipinski definition) is 0. The van der Waals surface area contributed by atoms with Crippen LogP contribution in [0.4, 0.5) is 0 Å². The molecule has 85 heavy (non-hydrogen) atoms. The average Bonchev–Trinajstić information content (AvgIpc) is 2.34. The molecule has 0 spiro atoms. The number of benzene rings is 8. The Morgan fingerprint density at radius 3 is 1.18 bits per heavy atom. The summed E-state index contributed by atoms with van der Waals surface area (Å²) in [6.07, 6.45) is 10.3. The minimum Gasteiger partial charge on any atom is -0.290 e. The van der Waals surface area contributed by atoms with Crippen LogP contribution in [0, 0.1) is 23.7 Å². The lowest BCUT2D eigenvalue weighted by molar-refractivity contribution is 0.614. The summed E-state index contributed by atoms with van der Waals surface area (Å²) < 4.78 is 2.28. The second-order valence-corrected chi connectivity index (χ2v) is 25.0. The molecule has 8 aromatic carbocycles. The summed E-state index contributed by atoms with van der Waals surface area (Å²) in [6.45, 7) is 18.4. The number of hydrogen-bond acceptors (Lipinski definition) is 4. The molecule has 0 radical (unpaired) electrons. The van der Waals surface area contributed by atoms with Crippen molar-refractivity contribution in [2.24, 2.45) is 23.7 Å². The lowest BCUT2D eigenvalue weighted by Gasteiger charge is -2.18. The smallest absolute Gasteiger partial charge is 0.146 e. The first-order valence-corrected chi connectivity index (χ1v) is 30.6. The Labute approximate surface area is 501 Å². The molecule has 0 N–H and O–H groups in total. The minimum absolute atomic E-state index is 0.560. The van der Waals surface area contributed by atoms with Gasteiger partial charge >= 0.3 is 0 Å². The fraction of sp³-hybridized carbons (Fsp3) is 0.200. The van der Waals surface area contributed by atoms with Crippen LogP contribution in [0.15, 0.2) is 225 Å². The molecule has 0 amide bonds. The number of rotatable bonds is 16. The monoisotopic (exact) mass is 1100 g/mol. The second-order valence-electron chi connectivity index (χ2n) is 25.0. The highest BCUT2D eigenvalue weighted by Crippen LogP contribution is 2.44. The molecule has 5 nitrogen and oxygen atoms in total. The molecule has 0 fully saturated rings. The zero-order valence-electron chi connectivity index (χ0n) is 50.2. The highest BCUT2D eigenvalue weighted by atomic mass is 15.0. The molecule has 0 saturated heterocycles. The zero-order chi connectivity index (χ0) is 58.3. The van der Waals surface area contributed by atoms with Crippen LogP contribution in [0.3, 0.4) is 0 Å². The van der Waals surface area contributed by atoms with Crippen molar-refractivity contribution in [1.82, 2.24) is 24.3 Å². The van der Waals surface area contributed by atoms with Gasteiger partial charge in [0.1, 0.15) is 5.65 Å². The summed E-state index contributed by atoms with van der Waals surface area (Å²) in [4.78, 5) is 20.4. The van der Waals surface area contributed by atoms with Gasteiger partial charge in [-0.15, -0.1) is 0 Å². The highest BCUT2D eigenvalue weighted by Gasteiger charge is 2.20. The van der Waals surface area contributed by atoms with Gasteiger partial charge in [0.2, 0.25) is 0 Å². The number of pyridine rings is 4. The number of imidazole rings is 1. The van der Waals surface area contributed by atoms with Crippen LogP contribution in [0.2, 0.25) is 0 Å². The van der Waals surface area contributed by atoms with Crippen molar-refractivity contribution < 1.29 is 0 Å². The van der Waals surface area contributed by atoms with E-state index in [1.807, 2.05) is 12.3 Å². The molecular formula is C80H73N5. The lowest BCUT2D eigenvalue weighted by atomic mass is 9.86. The van der Waals surface area contributed by atoms with Crippen LogP contribution in [0.1, 0.15) is 77.6 Å². The van der Waals surface area contributed by atoms with E-state index in [4.69, 9.17) is 19.9 Å². The van der Waals surface area contributed by atoms with Gasteiger partial charge < -0.3 is 0 Å². The van der Waals surface area contributed by atoms with E-state index >= 15 is 0 Å². The number of aromatic nitrogens is 5. The normalized spacial score (nSPS) is 11.9. The third-order valence-electron chi connectivity index (χ3n) is 16.7. The molecule has 13 rings (SSSR count). The zero-order valence-corrected chi connectivity index (χ0v) is 50.2. The summed E-state index contributed by atoms with van der Waals surface area (Å²) in [7, 11) is 0. The molecule has 0 aliphatic carbocycles. The minimum atomic E-state index is 0.560. The van der Waals surface area contributed by atoms with E-state index in [1.54, 1.807) is 0 Å². The molecule has 5 heteroatoms. The van der Waals surface area contributed by atoms with Crippen LogP contribution >= 0.6 is 0 Å². The molecule has 0 aliphatic rings. The largest absolute Gasteiger partial charge is 0.290 e. The van der Waals surface area contributed by atoms with E-state index < -0.39 is 0 Å². The number of fused-ring (bicyclic) bond motifs is 8. The topological polar surface area (TPSA) is 56.0 Å². The molecule has 0 atom stereocenters. The Morgan fingerprint density at radius 2 is 0.706 bits per heavy atom. The highest BCUT2D eigenvalue weighted by molar-refractivity contribution is 6.13. The lowest BCUT2D eigenvalue weighted by Crippen LogP contribution is -2.04. The summed E-state index contributed by atoms with van der Waals surface area (Å²) in [5.41, 5.74) is 28.6. The first kappa shape index (κ1) is 54.9. The van der Waals surface area contributed by atoms with Crippen LogP contribution in [0.25, 0.3) is 128 Å². The molecule has 0 aliphatic heterocycles. The van der Waals surface area contributed by atoms with Crippen molar-refractivity contribution in [3.05, 3.63) is 247 Å². The predicted molar refractivity (Wildman–Crippen MR) is 359 cm³/mol. The van der Waals surface area contributed by atoms with E-state index in [0.29, 0.717) is 23.7 Å². The van der Waals surface area contributed by atoms with E-state index in [2.05, 4.69) is 272 Å².